The molecule has 1 N–H and O–H groups in total. The van der Waals surface area contributed by atoms with Crippen molar-refractivity contribution < 1.29 is 4.74 Å². The maximum atomic E-state index is 5.69. The molecule has 108 valence electrons. The summed E-state index contributed by atoms with van der Waals surface area (Å²) in [6.07, 6.45) is 4.39. The van der Waals surface area contributed by atoms with Gasteiger partial charge in [-0.05, 0) is 24.0 Å². The fourth-order valence-corrected chi connectivity index (χ4v) is 1.91. The van der Waals surface area contributed by atoms with Crippen molar-refractivity contribution in [1.29, 1.82) is 0 Å². The van der Waals surface area contributed by atoms with Gasteiger partial charge in [-0.1, -0.05) is 40.2 Å². The zero-order valence-corrected chi connectivity index (χ0v) is 12.8. The van der Waals surface area contributed by atoms with E-state index in [0.717, 1.165) is 18.8 Å². The van der Waals surface area contributed by atoms with Gasteiger partial charge in [-0.2, -0.15) is 0 Å². The molecular formula is C16H28N2O. The quantitative estimate of drug-likeness (QED) is 0.741. The van der Waals surface area contributed by atoms with Crippen LogP contribution >= 0.6 is 0 Å². The first-order chi connectivity index (χ1) is 9.11. The van der Waals surface area contributed by atoms with Gasteiger partial charge in [-0.15, -0.1) is 0 Å². The first-order valence-electron chi connectivity index (χ1n) is 7.36. The monoisotopic (exact) mass is 264 g/mol. The molecule has 0 saturated carbocycles. The number of pyridine rings is 1. The molecule has 1 heterocycles. The van der Waals surface area contributed by atoms with Crippen molar-refractivity contribution in [2.75, 3.05) is 6.61 Å². The summed E-state index contributed by atoms with van der Waals surface area (Å²) in [6, 6.07) is 4.68. The van der Waals surface area contributed by atoms with Crippen LogP contribution in [0.5, 0.6) is 0 Å². The lowest BCUT2D eigenvalue weighted by molar-refractivity contribution is 0.0872. The molecule has 0 saturated heterocycles. The fourth-order valence-electron chi connectivity index (χ4n) is 1.91. The molecule has 0 bridgehead atoms. The molecule has 0 aromatic carbocycles. The van der Waals surface area contributed by atoms with Crippen molar-refractivity contribution in [2.45, 2.75) is 59.7 Å². The van der Waals surface area contributed by atoms with Crippen LogP contribution in [-0.2, 0) is 17.9 Å². The van der Waals surface area contributed by atoms with Crippen molar-refractivity contribution >= 4 is 0 Å². The number of nitrogens with zero attached hydrogens (tertiary/aromatic N) is 1. The van der Waals surface area contributed by atoms with Gasteiger partial charge >= 0.3 is 0 Å². The Kier molecular flexibility index (Phi) is 7.68. The molecule has 1 aromatic rings. The Morgan fingerprint density at radius 2 is 2.05 bits per heavy atom. The van der Waals surface area contributed by atoms with Crippen molar-refractivity contribution in [2.24, 2.45) is 5.92 Å². The Morgan fingerprint density at radius 1 is 1.26 bits per heavy atom. The lowest BCUT2D eigenvalue weighted by Gasteiger charge is -2.11. The van der Waals surface area contributed by atoms with E-state index >= 15 is 0 Å². The van der Waals surface area contributed by atoms with E-state index < -0.39 is 0 Å². The molecule has 0 aliphatic heterocycles. The topological polar surface area (TPSA) is 34.1 Å². The largest absolute Gasteiger partial charge is 0.375 e. The summed E-state index contributed by atoms with van der Waals surface area (Å²) in [7, 11) is 0. The number of ether oxygens (including phenoxy) is 1. The van der Waals surface area contributed by atoms with E-state index in [-0.39, 0.29) is 0 Å². The van der Waals surface area contributed by atoms with Crippen molar-refractivity contribution in [3.05, 3.63) is 29.6 Å². The van der Waals surface area contributed by atoms with Gasteiger partial charge < -0.3 is 10.1 Å². The van der Waals surface area contributed by atoms with Crippen LogP contribution < -0.4 is 5.32 Å². The number of rotatable bonds is 9. The van der Waals surface area contributed by atoms with Crippen molar-refractivity contribution in [3.8, 4) is 0 Å². The smallest absolute Gasteiger partial charge is 0.0887 e. The van der Waals surface area contributed by atoms with E-state index in [2.05, 4.69) is 50.1 Å². The second-order valence-corrected chi connectivity index (χ2v) is 5.60. The van der Waals surface area contributed by atoms with Gasteiger partial charge in [0.1, 0.15) is 0 Å². The van der Waals surface area contributed by atoms with E-state index in [1.165, 1.54) is 18.4 Å². The van der Waals surface area contributed by atoms with Gasteiger partial charge in [0.2, 0.25) is 0 Å². The highest BCUT2D eigenvalue weighted by Crippen LogP contribution is 2.07. The minimum Gasteiger partial charge on any atom is -0.375 e. The Bertz CT molecular complexity index is 335. The van der Waals surface area contributed by atoms with Crippen molar-refractivity contribution in [1.82, 2.24) is 10.3 Å². The lowest BCUT2D eigenvalue weighted by Crippen LogP contribution is -2.21. The summed E-state index contributed by atoms with van der Waals surface area (Å²) in [4.78, 5) is 4.43. The van der Waals surface area contributed by atoms with E-state index in [9.17, 15) is 0 Å². The summed E-state index contributed by atoms with van der Waals surface area (Å²) in [5.41, 5.74) is 2.23. The van der Waals surface area contributed by atoms with E-state index in [4.69, 9.17) is 4.74 Å². The Hall–Kier alpha value is -0.930. The molecule has 3 heteroatoms. The highest BCUT2D eigenvalue weighted by molar-refractivity contribution is 5.13. The average Bonchev–Trinajstić information content (AvgIpc) is 2.38. The van der Waals surface area contributed by atoms with Crippen molar-refractivity contribution in [3.63, 3.8) is 0 Å². The Labute approximate surface area is 117 Å². The lowest BCUT2D eigenvalue weighted by atomic mass is 10.1. The van der Waals surface area contributed by atoms with Gasteiger partial charge in [0.25, 0.3) is 0 Å². The number of nitrogens with one attached hydrogen (secondary N) is 1. The standard InChI is InChI=1S/C16H28N2O/c1-5-6-14(4)11-19-12-16-8-7-15(10-18-16)9-17-13(2)3/h7-8,10,13-14,17H,5-6,9,11-12H2,1-4H3. The zero-order chi connectivity index (χ0) is 14.1. The maximum absolute atomic E-state index is 5.69. The summed E-state index contributed by atoms with van der Waals surface area (Å²) >= 11 is 0. The van der Waals surface area contributed by atoms with E-state index in [1.807, 2.05) is 6.20 Å². The fraction of sp³-hybridized carbons (Fsp3) is 0.688. The highest BCUT2D eigenvalue weighted by Gasteiger charge is 2.02. The van der Waals surface area contributed by atoms with E-state index in [0.29, 0.717) is 18.6 Å². The summed E-state index contributed by atoms with van der Waals surface area (Å²) in [5.74, 6) is 0.638. The number of hydrogen-bond acceptors (Lipinski definition) is 3. The highest BCUT2D eigenvalue weighted by atomic mass is 16.5. The third kappa shape index (κ3) is 7.28. The zero-order valence-electron chi connectivity index (χ0n) is 12.8. The third-order valence-electron chi connectivity index (χ3n) is 3.03. The van der Waals surface area contributed by atoms with Gasteiger partial charge in [0, 0.05) is 25.4 Å². The van der Waals surface area contributed by atoms with Crippen LogP contribution in [0, 0.1) is 5.92 Å². The Balaban J connectivity index is 2.28. The molecule has 1 aromatic heterocycles. The average molecular weight is 264 g/mol. The van der Waals surface area contributed by atoms with Crippen LogP contribution in [-0.4, -0.2) is 17.6 Å². The van der Waals surface area contributed by atoms with Crippen LogP contribution in [0.3, 0.4) is 0 Å². The molecule has 1 atom stereocenters. The molecule has 0 spiro atoms. The van der Waals surface area contributed by atoms with Crippen LogP contribution in [0.15, 0.2) is 18.3 Å². The molecule has 0 fully saturated rings. The minimum atomic E-state index is 0.503. The van der Waals surface area contributed by atoms with Gasteiger partial charge in [0.15, 0.2) is 0 Å². The Morgan fingerprint density at radius 3 is 2.63 bits per heavy atom. The van der Waals surface area contributed by atoms with Crippen LogP contribution in [0.4, 0.5) is 0 Å². The summed E-state index contributed by atoms with van der Waals surface area (Å²) in [6.45, 7) is 11.1. The molecule has 1 unspecified atom stereocenters. The SMILES string of the molecule is CCCC(C)COCc1ccc(CNC(C)C)cn1. The van der Waals surface area contributed by atoms with Crippen LogP contribution in [0.25, 0.3) is 0 Å². The molecule has 0 radical (unpaired) electrons. The second-order valence-electron chi connectivity index (χ2n) is 5.60. The first-order valence-corrected chi connectivity index (χ1v) is 7.36. The number of aromatic nitrogens is 1. The maximum Gasteiger partial charge on any atom is 0.0887 e. The normalized spacial score (nSPS) is 12.9. The van der Waals surface area contributed by atoms with Gasteiger partial charge in [-0.25, -0.2) is 0 Å². The number of hydrogen-bond donors (Lipinski definition) is 1. The predicted octanol–water partition coefficient (Wildman–Crippen LogP) is 3.53. The van der Waals surface area contributed by atoms with Gasteiger partial charge in [0.05, 0.1) is 12.3 Å². The van der Waals surface area contributed by atoms with Gasteiger partial charge in [-0.3, -0.25) is 4.98 Å². The third-order valence-corrected chi connectivity index (χ3v) is 3.03. The molecule has 0 aliphatic carbocycles. The van der Waals surface area contributed by atoms with Crippen LogP contribution in [0.1, 0.15) is 51.8 Å². The molecule has 0 aliphatic rings. The molecule has 3 nitrogen and oxygen atoms in total. The molecule has 0 amide bonds. The second kappa shape index (κ2) is 9.05. The molecule has 19 heavy (non-hydrogen) atoms. The van der Waals surface area contributed by atoms with Crippen LogP contribution in [0.2, 0.25) is 0 Å². The molecule has 1 rings (SSSR count). The predicted molar refractivity (Wildman–Crippen MR) is 79.9 cm³/mol. The molecular weight excluding hydrogens is 236 g/mol. The first kappa shape index (κ1) is 16.1. The minimum absolute atomic E-state index is 0.503. The summed E-state index contributed by atoms with van der Waals surface area (Å²) in [5, 5.41) is 3.38. The van der Waals surface area contributed by atoms with E-state index in [1.54, 1.807) is 0 Å². The summed E-state index contributed by atoms with van der Waals surface area (Å²) < 4.78 is 5.69.